The Morgan fingerprint density at radius 2 is 1.74 bits per heavy atom. The number of rotatable bonds is 4. The van der Waals surface area contributed by atoms with Gasteiger partial charge in [0.2, 0.25) is 0 Å². The van der Waals surface area contributed by atoms with Crippen molar-refractivity contribution in [3.05, 3.63) is 65.2 Å². The predicted octanol–water partition coefficient (Wildman–Crippen LogP) is 2.10. The molecule has 2 aromatic rings. The third-order valence-electron chi connectivity index (χ3n) is 2.93. The minimum atomic E-state index is -3.44. The van der Waals surface area contributed by atoms with E-state index in [1.165, 1.54) is 0 Å². The van der Waals surface area contributed by atoms with Crippen LogP contribution in [0.5, 0.6) is 0 Å². The third kappa shape index (κ3) is 2.97. The number of hydrogen-bond donors (Lipinski definition) is 1. The van der Waals surface area contributed by atoms with Crippen molar-refractivity contribution in [3.8, 4) is 0 Å². The maximum atomic E-state index is 12.6. The zero-order chi connectivity index (χ0) is 13.9. The summed E-state index contributed by atoms with van der Waals surface area (Å²) in [6.07, 6.45) is 0. The van der Waals surface area contributed by atoms with Crippen LogP contribution in [0.4, 0.5) is 0 Å². The second-order valence-corrected chi connectivity index (χ2v) is 6.76. The van der Waals surface area contributed by atoms with Gasteiger partial charge in [0.15, 0.2) is 9.84 Å². The van der Waals surface area contributed by atoms with Gasteiger partial charge in [-0.15, -0.1) is 0 Å². The summed E-state index contributed by atoms with van der Waals surface area (Å²) in [6.45, 7) is 0.261. The molecule has 19 heavy (non-hydrogen) atoms. The van der Waals surface area contributed by atoms with Gasteiger partial charge in [-0.25, -0.2) is 8.42 Å². The summed E-state index contributed by atoms with van der Waals surface area (Å²) in [5, 5.41) is -0.146. The molecule has 0 spiro atoms. The van der Waals surface area contributed by atoms with E-state index in [9.17, 15) is 8.42 Å². The molecule has 0 unspecified atom stereocenters. The van der Waals surface area contributed by atoms with Crippen LogP contribution in [-0.2, 0) is 9.84 Å². The molecular formula is C14H15ClNO2S+. The van der Waals surface area contributed by atoms with E-state index in [0.717, 1.165) is 0 Å². The molecule has 100 valence electrons. The van der Waals surface area contributed by atoms with Crippen molar-refractivity contribution >= 4 is 21.4 Å². The van der Waals surface area contributed by atoms with Gasteiger partial charge >= 0.3 is 0 Å². The Morgan fingerprint density at radius 3 is 2.32 bits per heavy atom. The van der Waals surface area contributed by atoms with E-state index < -0.39 is 15.1 Å². The molecule has 0 amide bonds. The molecule has 0 aliphatic rings. The van der Waals surface area contributed by atoms with Crippen molar-refractivity contribution in [1.82, 2.24) is 0 Å². The Labute approximate surface area is 117 Å². The van der Waals surface area contributed by atoms with Crippen molar-refractivity contribution in [2.75, 3.05) is 6.54 Å². The van der Waals surface area contributed by atoms with Crippen LogP contribution >= 0.6 is 11.6 Å². The van der Waals surface area contributed by atoms with Gasteiger partial charge in [-0.1, -0.05) is 41.9 Å². The van der Waals surface area contributed by atoms with E-state index in [1.54, 1.807) is 54.6 Å². The van der Waals surface area contributed by atoms with Gasteiger partial charge in [-0.3, -0.25) is 0 Å². The van der Waals surface area contributed by atoms with Crippen molar-refractivity contribution in [1.29, 1.82) is 0 Å². The van der Waals surface area contributed by atoms with E-state index in [4.69, 9.17) is 11.6 Å². The molecule has 3 N–H and O–H groups in total. The highest BCUT2D eigenvalue weighted by molar-refractivity contribution is 7.91. The van der Waals surface area contributed by atoms with Crippen molar-refractivity contribution in [3.63, 3.8) is 0 Å². The first kappa shape index (κ1) is 14.1. The average Bonchev–Trinajstić information content (AvgIpc) is 2.40. The highest BCUT2D eigenvalue weighted by Gasteiger charge is 2.29. The van der Waals surface area contributed by atoms with Gasteiger partial charge in [-0.05, 0) is 29.8 Å². The monoisotopic (exact) mass is 296 g/mol. The Morgan fingerprint density at radius 1 is 1.05 bits per heavy atom. The molecule has 2 rings (SSSR count). The number of halogens is 1. The van der Waals surface area contributed by atoms with Crippen molar-refractivity contribution in [2.45, 2.75) is 10.1 Å². The van der Waals surface area contributed by atoms with Crippen molar-refractivity contribution in [2.24, 2.45) is 0 Å². The van der Waals surface area contributed by atoms with Gasteiger partial charge in [0.25, 0.3) is 0 Å². The van der Waals surface area contributed by atoms with Gasteiger partial charge in [0.05, 0.1) is 11.4 Å². The summed E-state index contributed by atoms with van der Waals surface area (Å²) in [7, 11) is -3.44. The molecule has 0 aromatic heterocycles. The maximum absolute atomic E-state index is 12.6. The Hall–Kier alpha value is -1.36. The van der Waals surface area contributed by atoms with Crippen LogP contribution < -0.4 is 5.73 Å². The van der Waals surface area contributed by atoms with E-state index in [0.29, 0.717) is 15.5 Å². The van der Waals surface area contributed by atoms with Crippen LogP contribution in [0.2, 0.25) is 5.02 Å². The van der Waals surface area contributed by atoms with Crippen LogP contribution in [0.1, 0.15) is 10.8 Å². The van der Waals surface area contributed by atoms with Gasteiger partial charge in [-0.2, -0.15) is 0 Å². The zero-order valence-corrected chi connectivity index (χ0v) is 11.9. The molecule has 0 saturated carbocycles. The fraction of sp³-hybridized carbons (Fsp3) is 0.143. The van der Waals surface area contributed by atoms with Crippen molar-refractivity contribution < 1.29 is 14.2 Å². The standard InChI is InChI=1S/C14H14ClNO2S/c15-12-6-4-5-11(9-12)14(10-16)19(17,18)13-7-2-1-3-8-13/h1-9,14H,10,16H2/p+1/t14-/m1/s1. The molecule has 2 aromatic carbocycles. The summed E-state index contributed by atoms with van der Waals surface area (Å²) < 4.78 is 25.2. The van der Waals surface area contributed by atoms with E-state index in [1.807, 2.05) is 0 Å². The summed E-state index contributed by atoms with van der Waals surface area (Å²) >= 11 is 5.93. The second kappa shape index (κ2) is 5.74. The first-order valence-corrected chi connectivity index (χ1v) is 7.82. The Balaban J connectivity index is 2.48. The van der Waals surface area contributed by atoms with Crippen LogP contribution in [0.3, 0.4) is 0 Å². The highest BCUT2D eigenvalue weighted by Crippen LogP contribution is 2.28. The van der Waals surface area contributed by atoms with E-state index >= 15 is 0 Å². The van der Waals surface area contributed by atoms with Crippen LogP contribution in [0, 0.1) is 0 Å². The Bertz CT molecular complexity index is 656. The van der Waals surface area contributed by atoms with Gasteiger partial charge in [0, 0.05) is 5.02 Å². The number of sulfone groups is 1. The van der Waals surface area contributed by atoms with E-state index in [-0.39, 0.29) is 6.54 Å². The molecule has 0 saturated heterocycles. The zero-order valence-electron chi connectivity index (χ0n) is 10.3. The Kier molecular flexibility index (Phi) is 4.24. The first-order chi connectivity index (χ1) is 9.05. The number of quaternary nitrogens is 1. The van der Waals surface area contributed by atoms with Crippen LogP contribution in [0.25, 0.3) is 0 Å². The SMILES string of the molecule is [NH3+]C[C@H](c1cccc(Cl)c1)S(=O)(=O)c1ccccc1. The topological polar surface area (TPSA) is 61.8 Å². The minimum absolute atomic E-state index is 0.261. The molecule has 0 aliphatic carbocycles. The smallest absolute Gasteiger partial charge is 0.190 e. The lowest BCUT2D eigenvalue weighted by Crippen LogP contribution is -2.54. The number of hydrogen-bond acceptors (Lipinski definition) is 2. The van der Waals surface area contributed by atoms with Crippen LogP contribution in [-0.4, -0.2) is 15.0 Å². The van der Waals surface area contributed by atoms with E-state index in [2.05, 4.69) is 5.73 Å². The fourth-order valence-electron chi connectivity index (χ4n) is 1.98. The summed E-state index contributed by atoms with van der Waals surface area (Å²) in [5.74, 6) is 0. The van der Waals surface area contributed by atoms with Gasteiger partial charge in [0.1, 0.15) is 5.25 Å². The largest absolute Gasteiger partial charge is 0.356 e. The lowest BCUT2D eigenvalue weighted by Gasteiger charge is -2.15. The second-order valence-electron chi connectivity index (χ2n) is 4.19. The summed E-state index contributed by atoms with van der Waals surface area (Å²) in [4.78, 5) is 0.309. The van der Waals surface area contributed by atoms with Gasteiger partial charge < -0.3 is 5.73 Å². The molecule has 5 heteroatoms. The lowest BCUT2D eigenvalue weighted by atomic mass is 10.1. The predicted molar refractivity (Wildman–Crippen MR) is 75.6 cm³/mol. The third-order valence-corrected chi connectivity index (χ3v) is 5.35. The minimum Gasteiger partial charge on any atom is -0.356 e. The first-order valence-electron chi connectivity index (χ1n) is 5.89. The fourth-order valence-corrected chi connectivity index (χ4v) is 3.86. The lowest BCUT2D eigenvalue weighted by molar-refractivity contribution is -0.367. The summed E-state index contributed by atoms with van der Waals surface area (Å²) in [6, 6.07) is 15.3. The van der Waals surface area contributed by atoms with Crippen LogP contribution in [0.15, 0.2) is 59.5 Å². The molecule has 3 nitrogen and oxygen atoms in total. The normalized spacial score (nSPS) is 13.2. The molecule has 0 radical (unpaired) electrons. The maximum Gasteiger partial charge on any atom is 0.190 e. The summed E-state index contributed by atoms with van der Waals surface area (Å²) in [5.41, 5.74) is 4.43. The quantitative estimate of drug-likeness (QED) is 0.939. The average molecular weight is 297 g/mol. The molecule has 0 bridgehead atoms. The molecule has 0 aliphatic heterocycles. The molecule has 0 heterocycles. The number of benzene rings is 2. The highest BCUT2D eigenvalue weighted by atomic mass is 35.5. The molecular weight excluding hydrogens is 282 g/mol. The molecule has 0 fully saturated rings. The molecule has 1 atom stereocenters.